The summed E-state index contributed by atoms with van der Waals surface area (Å²) >= 11 is 0. The van der Waals surface area contributed by atoms with Gasteiger partial charge >= 0.3 is 6.36 Å². The summed E-state index contributed by atoms with van der Waals surface area (Å²) in [5.41, 5.74) is 2.37. The standard InChI is InChI=1S/C16H14F3NO2/c1-11-2-4-12(5-3-11)10-15(21)20-13-6-8-14(9-7-13)22-16(17,18)19/h2-9H,10H2,1H3,(H,20,21). The number of hydrogen-bond acceptors (Lipinski definition) is 2. The van der Waals surface area contributed by atoms with Gasteiger partial charge in [-0.1, -0.05) is 29.8 Å². The SMILES string of the molecule is Cc1ccc(CC(=O)Nc2ccc(OC(F)(F)F)cc2)cc1. The van der Waals surface area contributed by atoms with Crippen LogP contribution in [0.4, 0.5) is 18.9 Å². The van der Waals surface area contributed by atoms with Gasteiger partial charge in [0.2, 0.25) is 5.91 Å². The van der Waals surface area contributed by atoms with Crippen molar-refractivity contribution in [2.75, 3.05) is 5.32 Å². The molecule has 2 aromatic carbocycles. The van der Waals surface area contributed by atoms with Crippen LogP contribution in [0.15, 0.2) is 48.5 Å². The van der Waals surface area contributed by atoms with Crippen LogP contribution in [-0.4, -0.2) is 12.3 Å². The topological polar surface area (TPSA) is 38.3 Å². The second-order valence-electron chi connectivity index (χ2n) is 4.78. The van der Waals surface area contributed by atoms with E-state index in [9.17, 15) is 18.0 Å². The van der Waals surface area contributed by atoms with E-state index in [4.69, 9.17) is 0 Å². The van der Waals surface area contributed by atoms with Crippen LogP contribution in [0.1, 0.15) is 11.1 Å². The number of carbonyl (C=O) groups is 1. The van der Waals surface area contributed by atoms with Crippen molar-refractivity contribution in [3.8, 4) is 5.75 Å². The van der Waals surface area contributed by atoms with E-state index in [2.05, 4.69) is 10.1 Å². The Morgan fingerprint density at radius 3 is 2.18 bits per heavy atom. The van der Waals surface area contributed by atoms with Crippen LogP contribution in [-0.2, 0) is 11.2 Å². The number of rotatable bonds is 4. The van der Waals surface area contributed by atoms with Crippen molar-refractivity contribution in [2.45, 2.75) is 19.7 Å². The first kappa shape index (κ1) is 15.9. The number of amides is 1. The van der Waals surface area contributed by atoms with Crippen molar-refractivity contribution in [3.63, 3.8) is 0 Å². The summed E-state index contributed by atoms with van der Waals surface area (Å²) in [6.07, 6.45) is -4.53. The fourth-order valence-corrected chi connectivity index (χ4v) is 1.84. The van der Waals surface area contributed by atoms with E-state index >= 15 is 0 Å². The van der Waals surface area contributed by atoms with E-state index in [1.165, 1.54) is 12.1 Å². The molecule has 1 amide bonds. The summed E-state index contributed by atoms with van der Waals surface area (Å²) in [4.78, 5) is 11.9. The first-order valence-corrected chi connectivity index (χ1v) is 6.53. The quantitative estimate of drug-likeness (QED) is 0.924. The van der Waals surface area contributed by atoms with Gasteiger partial charge in [0.15, 0.2) is 0 Å². The van der Waals surface area contributed by atoms with Crippen LogP contribution in [0.5, 0.6) is 5.75 Å². The van der Waals surface area contributed by atoms with Crippen molar-refractivity contribution in [1.82, 2.24) is 0 Å². The number of hydrogen-bond donors (Lipinski definition) is 1. The fourth-order valence-electron chi connectivity index (χ4n) is 1.84. The minimum atomic E-state index is -4.73. The van der Waals surface area contributed by atoms with E-state index in [0.717, 1.165) is 23.3 Å². The largest absolute Gasteiger partial charge is 0.573 e. The third kappa shape index (κ3) is 5.12. The van der Waals surface area contributed by atoms with Crippen molar-refractivity contribution in [2.24, 2.45) is 0 Å². The van der Waals surface area contributed by atoms with Crippen LogP contribution < -0.4 is 10.1 Å². The summed E-state index contributed by atoms with van der Waals surface area (Å²) < 4.78 is 39.8. The van der Waals surface area contributed by atoms with Crippen molar-refractivity contribution >= 4 is 11.6 Å². The van der Waals surface area contributed by atoms with Crippen LogP contribution in [0, 0.1) is 6.92 Å². The zero-order valence-corrected chi connectivity index (χ0v) is 11.8. The van der Waals surface area contributed by atoms with Crippen molar-refractivity contribution in [1.29, 1.82) is 0 Å². The lowest BCUT2D eigenvalue weighted by molar-refractivity contribution is -0.274. The number of aryl methyl sites for hydroxylation is 1. The smallest absolute Gasteiger partial charge is 0.406 e. The second kappa shape index (κ2) is 6.51. The highest BCUT2D eigenvalue weighted by molar-refractivity contribution is 5.92. The minimum absolute atomic E-state index is 0.196. The third-order valence-corrected chi connectivity index (χ3v) is 2.86. The first-order valence-electron chi connectivity index (χ1n) is 6.53. The fraction of sp³-hybridized carbons (Fsp3) is 0.188. The van der Waals surface area contributed by atoms with Gasteiger partial charge in [-0.05, 0) is 36.8 Å². The molecular formula is C16H14F3NO2. The van der Waals surface area contributed by atoms with Gasteiger partial charge < -0.3 is 10.1 Å². The van der Waals surface area contributed by atoms with Crippen molar-refractivity contribution in [3.05, 3.63) is 59.7 Å². The average Bonchev–Trinajstić information content (AvgIpc) is 2.42. The van der Waals surface area contributed by atoms with Gasteiger partial charge in [0.1, 0.15) is 5.75 Å². The molecule has 0 aromatic heterocycles. The number of anilines is 1. The molecule has 0 aliphatic carbocycles. The Hall–Kier alpha value is -2.50. The molecule has 116 valence electrons. The molecule has 0 saturated heterocycles. The lowest BCUT2D eigenvalue weighted by Crippen LogP contribution is -2.17. The molecule has 0 aliphatic heterocycles. The zero-order chi connectivity index (χ0) is 16.2. The lowest BCUT2D eigenvalue weighted by Gasteiger charge is -2.10. The molecular weight excluding hydrogens is 295 g/mol. The maximum atomic E-state index is 12.0. The minimum Gasteiger partial charge on any atom is -0.406 e. The van der Waals surface area contributed by atoms with E-state index in [1.807, 2.05) is 31.2 Å². The maximum Gasteiger partial charge on any atom is 0.573 e. The van der Waals surface area contributed by atoms with Gasteiger partial charge in [-0.25, -0.2) is 0 Å². The average molecular weight is 309 g/mol. The normalized spacial score (nSPS) is 11.1. The van der Waals surface area contributed by atoms with Gasteiger partial charge in [0, 0.05) is 5.69 Å². The molecule has 0 spiro atoms. The monoisotopic (exact) mass is 309 g/mol. The van der Waals surface area contributed by atoms with Crippen LogP contribution in [0.25, 0.3) is 0 Å². The molecule has 0 aliphatic rings. The molecule has 2 rings (SSSR count). The summed E-state index contributed by atoms with van der Waals surface area (Å²) in [5.74, 6) is -0.572. The Labute approximate surface area is 125 Å². The summed E-state index contributed by atoms with van der Waals surface area (Å²) in [6, 6.07) is 12.5. The van der Waals surface area contributed by atoms with Gasteiger partial charge in [0.25, 0.3) is 0 Å². The molecule has 0 heterocycles. The van der Waals surface area contributed by atoms with E-state index < -0.39 is 6.36 Å². The summed E-state index contributed by atoms with van der Waals surface area (Å²) in [6.45, 7) is 1.95. The molecule has 6 heteroatoms. The molecule has 1 N–H and O–H groups in total. The number of carbonyl (C=O) groups excluding carboxylic acids is 1. The predicted molar refractivity (Wildman–Crippen MR) is 76.6 cm³/mol. The van der Waals surface area contributed by atoms with E-state index in [-0.39, 0.29) is 18.1 Å². The highest BCUT2D eigenvalue weighted by Gasteiger charge is 2.30. The number of ether oxygens (including phenoxy) is 1. The molecule has 0 bridgehead atoms. The Bertz CT molecular complexity index is 634. The Balaban J connectivity index is 1.93. The van der Waals surface area contributed by atoms with E-state index in [0.29, 0.717) is 5.69 Å². The molecule has 3 nitrogen and oxygen atoms in total. The van der Waals surface area contributed by atoms with Crippen molar-refractivity contribution < 1.29 is 22.7 Å². The Kier molecular flexibility index (Phi) is 4.70. The van der Waals surface area contributed by atoms with Gasteiger partial charge in [-0.15, -0.1) is 13.2 Å². The van der Waals surface area contributed by atoms with Gasteiger partial charge in [-0.3, -0.25) is 4.79 Å². The third-order valence-electron chi connectivity index (χ3n) is 2.86. The molecule has 0 fully saturated rings. The highest BCUT2D eigenvalue weighted by atomic mass is 19.4. The summed E-state index contributed by atoms with van der Waals surface area (Å²) in [7, 11) is 0. The molecule has 0 unspecified atom stereocenters. The van der Waals surface area contributed by atoms with E-state index in [1.54, 1.807) is 0 Å². The van der Waals surface area contributed by atoms with Crippen LogP contribution in [0.2, 0.25) is 0 Å². The second-order valence-corrected chi connectivity index (χ2v) is 4.78. The lowest BCUT2D eigenvalue weighted by atomic mass is 10.1. The molecule has 0 radical (unpaired) electrons. The van der Waals surface area contributed by atoms with Gasteiger partial charge in [0.05, 0.1) is 6.42 Å². The van der Waals surface area contributed by atoms with Crippen LogP contribution in [0.3, 0.4) is 0 Å². The summed E-state index contributed by atoms with van der Waals surface area (Å²) in [5, 5.41) is 2.62. The predicted octanol–water partition coefficient (Wildman–Crippen LogP) is 4.07. The first-order chi connectivity index (χ1) is 10.3. The maximum absolute atomic E-state index is 12.0. The molecule has 0 atom stereocenters. The Morgan fingerprint density at radius 2 is 1.64 bits per heavy atom. The number of benzene rings is 2. The van der Waals surface area contributed by atoms with Gasteiger partial charge in [-0.2, -0.15) is 0 Å². The number of halogens is 3. The zero-order valence-electron chi connectivity index (χ0n) is 11.8. The Morgan fingerprint density at radius 1 is 1.05 bits per heavy atom. The molecule has 0 saturated carbocycles. The van der Waals surface area contributed by atoms with Crippen LogP contribution >= 0.6 is 0 Å². The number of alkyl halides is 3. The number of nitrogens with one attached hydrogen (secondary N) is 1. The highest BCUT2D eigenvalue weighted by Crippen LogP contribution is 2.24. The molecule has 22 heavy (non-hydrogen) atoms. The molecule has 2 aromatic rings.